The van der Waals surface area contributed by atoms with Gasteiger partial charge in [-0.1, -0.05) is 17.7 Å². The predicted molar refractivity (Wildman–Crippen MR) is 71.4 cm³/mol. The number of benzene rings is 1. The van der Waals surface area contributed by atoms with Gasteiger partial charge in [-0.2, -0.15) is 0 Å². The zero-order valence-corrected chi connectivity index (χ0v) is 11.0. The van der Waals surface area contributed by atoms with Gasteiger partial charge in [0.2, 0.25) is 0 Å². The van der Waals surface area contributed by atoms with Gasteiger partial charge in [-0.25, -0.2) is 0 Å². The molecule has 1 aromatic carbocycles. The molecule has 3 heteroatoms. The average Bonchev–Trinajstić information content (AvgIpc) is 2.80. The van der Waals surface area contributed by atoms with Gasteiger partial charge in [0.05, 0.1) is 6.04 Å². The van der Waals surface area contributed by atoms with Gasteiger partial charge >= 0.3 is 0 Å². The van der Waals surface area contributed by atoms with Gasteiger partial charge in [-0.3, -0.25) is 0 Å². The van der Waals surface area contributed by atoms with Crippen molar-refractivity contribution < 1.29 is 4.42 Å². The highest BCUT2D eigenvalue weighted by Gasteiger charge is 2.11. The van der Waals surface area contributed by atoms with Crippen LogP contribution in [0.5, 0.6) is 0 Å². The number of nitrogens with one attached hydrogen (secondary N) is 1. The Kier molecular flexibility index (Phi) is 3.55. The molecule has 2 rings (SSSR count). The molecule has 0 fully saturated rings. The molecule has 1 N–H and O–H groups in total. The van der Waals surface area contributed by atoms with Gasteiger partial charge in [0.1, 0.15) is 11.5 Å². The molecule has 90 valence electrons. The van der Waals surface area contributed by atoms with E-state index in [1.54, 1.807) is 0 Å². The predicted octanol–water partition coefficient (Wildman–Crippen LogP) is 4.19. The summed E-state index contributed by atoms with van der Waals surface area (Å²) in [5.74, 6) is 1.80. The standard InChI is InChI=1S/C14H16ClNO/c1-9-4-5-11(15)8-12(9)14-7-6-13(17-14)10(2)16-3/h4-8,10,16H,1-3H3. The van der Waals surface area contributed by atoms with Crippen molar-refractivity contribution in [2.45, 2.75) is 19.9 Å². The molecule has 0 saturated heterocycles. The summed E-state index contributed by atoms with van der Waals surface area (Å²) in [5.41, 5.74) is 2.21. The molecular formula is C14H16ClNO. The number of aryl methyl sites for hydroxylation is 1. The smallest absolute Gasteiger partial charge is 0.134 e. The lowest BCUT2D eigenvalue weighted by Crippen LogP contribution is -2.11. The Hall–Kier alpha value is -1.25. The lowest BCUT2D eigenvalue weighted by atomic mass is 10.1. The summed E-state index contributed by atoms with van der Waals surface area (Å²) in [6, 6.07) is 10.0. The van der Waals surface area contributed by atoms with Crippen LogP contribution in [0.3, 0.4) is 0 Å². The minimum Gasteiger partial charge on any atom is -0.459 e. The fourth-order valence-corrected chi connectivity index (χ4v) is 1.90. The van der Waals surface area contributed by atoms with Crippen LogP contribution in [0.4, 0.5) is 0 Å². The molecule has 1 unspecified atom stereocenters. The Labute approximate surface area is 107 Å². The van der Waals surface area contributed by atoms with E-state index in [1.165, 1.54) is 0 Å². The maximum Gasteiger partial charge on any atom is 0.134 e. The Morgan fingerprint density at radius 2 is 2.00 bits per heavy atom. The molecule has 2 nitrogen and oxygen atoms in total. The third kappa shape index (κ3) is 2.54. The fourth-order valence-electron chi connectivity index (χ4n) is 1.73. The number of furan rings is 1. The van der Waals surface area contributed by atoms with Crippen molar-refractivity contribution in [3.63, 3.8) is 0 Å². The van der Waals surface area contributed by atoms with Crippen LogP contribution in [0.15, 0.2) is 34.7 Å². The molecule has 1 aromatic heterocycles. The lowest BCUT2D eigenvalue weighted by Gasteiger charge is -2.06. The Morgan fingerprint density at radius 1 is 1.24 bits per heavy atom. The quantitative estimate of drug-likeness (QED) is 0.883. The second-order valence-electron chi connectivity index (χ2n) is 4.17. The summed E-state index contributed by atoms with van der Waals surface area (Å²) in [5, 5.41) is 3.88. The Bertz CT molecular complexity index is 519. The second-order valence-corrected chi connectivity index (χ2v) is 4.61. The van der Waals surface area contributed by atoms with Gasteiger partial charge in [-0.05, 0) is 50.7 Å². The monoisotopic (exact) mass is 249 g/mol. The van der Waals surface area contributed by atoms with Crippen molar-refractivity contribution in [2.24, 2.45) is 0 Å². The summed E-state index contributed by atoms with van der Waals surface area (Å²) in [7, 11) is 1.91. The van der Waals surface area contributed by atoms with E-state index >= 15 is 0 Å². The summed E-state index contributed by atoms with van der Waals surface area (Å²) in [6.45, 7) is 4.11. The normalized spacial score (nSPS) is 12.7. The fraction of sp³-hybridized carbons (Fsp3) is 0.286. The average molecular weight is 250 g/mol. The van der Waals surface area contributed by atoms with Crippen LogP contribution < -0.4 is 5.32 Å². The van der Waals surface area contributed by atoms with Crippen molar-refractivity contribution in [1.29, 1.82) is 0 Å². The van der Waals surface area contributed by atoms with Crippen LogP contribution in [0.25, 0.3) is 11.3 Å². The summed E-state index contributed by atoms with van der Waals surface area (Å²) >= 11 is 6.01. The van der Waals surface area contributed by atoms with Gasteiger partial charge < -0.3 is 9.73 Å². The Balaban J connectivity index is 2.40. The van der Waals surface area contributed by atoms with Crippen LogP contribution in [-0.4, -0.2) is 7.05 Å². The molecule has 0 aliphatic carbocycles. The molecule has 0 bridgehead atoms. The van der Waals surface area contributed by atoms with Crippen molar-refractivity contribution >= 4 is 11.6 Å². The molecule has 0 aliphatic heterocycles. The van der Waals surface area contributed by atoms with E-state index in [0.29, 0.717) is 0 Å². The highest BCUT2D eigenvalue weighted by Crippen LogP contribution is 2.29. The van der Waals surface area contributed by atoms with Crippen LogP contribution >= 0.6 is 11.6 Å². The van der Waals surface area contributed by atoms with Crippen LogP contribution in [-0.2, 0) is 0 Å². The van der Waals surface area contributed by atoms with E-state index in [4.69, 9.17) is 16.0 Å². The van der Waals surface area contributed by atoms with Gasteiger partial charge in [0, 0.05) is 10.6 Å². The largest absolute Gasteiger partial charge is 0.459 e. The first-order valence-corrected chi connectivity index (χ1v) is 6.03. The van der Waals surface area contributed by atoms with E-state index in [-0.39, 0.29) is 6.04 Å². The van der Waals surface area contributed by atoms with Crippen molar-refractivity contribution in [1.82, 2.24) is 5.32 Å². The second kappa shape index (κ2) is 4.94. The van der Waals surface area contributed by atoms with Crippen LogP contribution in [0.1, 0.15) is 24.3 Å². The summed E-state index contributed by atoms with van der Waals surface area (Å²) in [6.07, 6.45) is 0. The number of rotatable bonds is 3. The zero-order valence-electron chi connectivity index (χ0n) is 10.3. The minimum atomic E-state index is 0.211. The van der Waals surface area contributed by atoms with Gasteiger partial charge in [0.15, 0.2) is 0 Å². The first-order valence-electron chi connectivity index (χ1n) is 5.65. The number of hydrogen-bond donors (Lipinski definition) is 1. The van der Waals surface area contributed by atoms with E-state index in [0.717, 1.165) is 27.7 Å². The van der Waals surface area contributed by atoms with Crippen molar-refractivity contribution in [3.8, 4) is 11.3 Å². The highest BCUT2D eigenvalue weighted by atomic mass is 35.5. The molecule has 17 heavy (non-hydrogen) atoms. The van der Waals surface area contributed by atoms with Gasteiger partial charge in [0.25, 0.3) is 0 Å². The molecule has 0 amide bonds. The molecule has 1 heterocycles. The van der Waals surface area contributed by atoms with E-state index in [2.05, 4.69) is 19.2 Å². The molecule has 2 aromatic rings. The molecule has 0 saturated carbocycles. The number of hydrogen-bond acceptors (Lipinski definition) is 2. The topological polar surface area (TPSA) is 25.2 Å². The maximum absolute atomic E-state index is 6.01. The highest BCUT2D eigenvalue weighted by molar-refractivity contribution is 6.30. The first kappa shape index (κ1) is 12.2. The van der Waals surface area contributed by atoms with Crippen LogP contribution in [0.2, 0.25) is 5.02 Å². The lowest BCUT2D eigenvalue weighted by molar-refractivity contribution is 0.458. The molecule has 0 radical (unpaired) electrons. The molecule has 1 atom stereocenters. The van der Waals surface area contributed by atoms with Crippen molar-refractivity contribution in [3.05, 3.63) is 46.7 Å². The maximum atomic E-state index is 6.01. The van der Waals surface area contributed by atoms with Crippen molar-refractivity contribution in [2.75, 3.05) is 7.05 Å². The minimum absolute atomic E-state index is 0.211. The SMILES string of the molecule is CNC(C)c1ccc(-c2cc(Cl)ccc2C)o1. The van der Waals surface area contributed by atoms with Crippen LogP contribution in [0, 0.1) is 6.92 Å². The summed E-state index contributed by atoms with van der Waals surface area (Å²) < 4.78 is 5.84. The molecule has 0 aliphatic rings. The molecular weight excluding hydrogens is 234 g/mol. The van der Waals surface area contributed by atoms with E-state index < -0.39 is 0 Å². The Morgan fingerprint density at radius 3 is 2.71 bits per heavy atom. The van der Waals surface area contributed by atoms with E-state index in [1.807, 2.05) is 37.4 Å². The zero-order chi connectivity index (χ0) is 12.4. The third-order valence-corrected chi connectivity index (χ3v) is 3.19. The first-order chi connectivity index (χ1) is 8.11. The molecule has 0 spiro atoms. The van der Waals surface area contributed by atoms with Gasteiger partial charge in [-0.15, -0.1) is 0 Å². The number of halogens is 1. The third-order valence-electron chi connectivity index (χ3n) is 2.95. The summed E-state index contributed by atoms with van der Waals surface area (Å²) in [4.78, 5) is 0. The van der Waals surface area contributed by atoms with E-state index in [9.17, 15) is 0 Å².